The first-order valence-electron chi connectivity index (χ1n) is 6.78. The molecule has 0 fully saturated rings. The molecule has 0 spiro atoms. The summed E-state index contributed by atoms with van der Waals surface area (Å²) in [7, 11) is 1.60. The summed E-state index contributed by atoms with van der Waals surface area (Å²) in [6, 6.07) is 3.83. The fraction of sp³-hybridized carbons (Fsp3) is 0.375. The summed E-state index contributed by atoms with van der Waals surface area (Å²) in [5.74, 6) is -1.76. The molecule has 1 aromatic carbocycles. The second-order valence-electron chi connectivity index (χ2n) is 5.51. The van der Waals surface area contributed by atoms with E-state index in [1.807, 2.05) is 26.0 Å². The Bertz CT molecular complexity index is 702. The highest BCUT2D eigenvalue weighted by Crippen LogP contribution is 2.25. The average Bonchev–Trinajstić information content (AvgIpc) is 2.80. The van der Waals surface area contributed by atoms with Crippen LogP contribution in [0.5, 0.6) is 0 Å². The largest absolute Gasteiger partial charge is 0.481 e. The van der Waals surface area contributed by atoms with Gasteiger partial charge in [-0.25, -0.2) is 0 Å². The van der Waals surface area contributed by atoms with Crippen LogP contribution < -0.4 is 0 Å². The average molecular weight is 289 g/mol. The fourth-order valence-electron chi connectivity index (χ4n) is 2.23. The van der Waals surface area contributed by atoms with Gasteiger partial charge in [0.05, 0.1) is 11.5 Å². The number of hydrogen-bond acceptors (Lipinski definition) is 3. The van der Waals surface area contributed by atoms with Crippen LogP contribution in [0.4, 0.5) is 0 Å². The summed E-state index contributed by atoms with van der Waals surface area (Å²) < 4.78 is 5.44. The van der Waals surface area contributed by atoms with Gasteiger partial charge in [-0.05, 0) is 37.1 Å². The molecule has 0 saturated carbocycles. The number of carbonyl (C=O) groups excluding carboxylic acids is 1. The molecular weight excluding hydrogens is 270 g/mol. The zero-order chi connectivity index (χ0) is 15.7. The molecule has 1 aromatic heterocycles. The third kappa shape index (κ3) is 2.91. The first-order chi connectivity index (χ1) is 9.81. The third-order valence-corrected chi connectivity index (χ3v) is 3.74. The Morgan fingerprint density at radius 2 is 1.90 bits per heavy atom. The Hall–Kier alpha value is -2.30. The molecule has 1 unspecified atom stereocenters. The summed E-state index contributed by atoms with van der Waals surface area (Å²) in [6.07, 6.45) is 1.44. The van der Waals surface area contributed by atoms with E-state index in [2.05, 4.69) is 0 Å². The summed E-state index contributed by atoms with van der Waals surface area (Å²) >= 11 is 0. The van der Waals surface area contributed by atoms with E-state index in [1.165, 1.54) is 11.2 Å². The van der Waals surface area contributed by atoms with Crippen molar-refractivity contribution in [3.63, 3.8) is 0 Å². The lowest BCUT2D eigenvalue weighted by Gasteiger charge is -2.18. The molecule has 1 heterocycles. The Balaban J connectivity index is 2.31. The van der Waals surface area contributed by atoms with Crippen molar-refractivity contribution in [2.45, 2.75) is 20.8 Å². The Labute approximate surface area is 123 Å². The number of carbonyl (C=O) groups is 2. The number of carboxylic acid groups (broad SMARTS) is 1. The number of rotatable bonds is 4. The van der Waals surface area contributed by atoms with E-state index in [9.17, 15) is 9.59 Å². The Morgan fingerprint density at radius 1 is 1.29 bits per heavy atom. The zero-order valence-electron chi connectivity index (χ0n) is 12.6. The number of aryl methyl sites for hydroxylation is 2. The number of carboxylic acids is 1. The van der Waals surface area contributed by atoms with Gasteiger partial charge in [0.1, 0.15) is 11.8 Å². The van der Waals surface area contributed by atoms with Gasteiger partial charge in [0, 0.05) is 19.0 Å². The van der Waals surface area contributed by atoms with Gasteiger partial charge in [-0.1, -0.05) is 6.92 Å². The molecule has 0 saturated heterocycles. The van der Waals surface area contributed by atoms with Crippen LogP contribution in [-0.2, 0) is 4.79 Å². The number of hydrogen-bond donors (Lipinski definition) is 1. The quantitative estimate of drug-likeness (QED) is 0.939. The molecule has 1 amide bonds. The second-order valence-corrected chi connectivity index (χ2v) is 5.51. The van der Waals surface area contributed by atoms with Crippen LogP contribution in [0.3, 0.4) is 0 Å². The number of amides is 1. The maximum absolute atomic E-state index is 12.4. The number of nitrogens with zero attached hydrogens (tertiary/aromatic N) is 1. The molecule has 0 aliphatic rings. The monoisotopic (exact) mass is 289 g/mol. The van der Waals surface area contributed by atoms with Gasteiger partial charge >= 0.3 is 5.97 Å². The van der Waals surface area contributed by atoms with Crippen LogP contribution in [0, 0.1) is 19.8 Å². The van der Waals surface area contributed by atoms with Crippen molar-refractivity contribution in [2.24, 2.45) is 5.92 Å². The van der Waals surface area contributed by atoms with Gasteiger partial charge in [-0.15, -0.1) is 0 Å². The standard InChI is InChI=1S/C16H19NO4/c1-9-5-12-13(8-21-14(12)6-10(9)2)15(18)17(4)7-11(3)16(19)20/h5-6,8,11H,7H2,1-4H3,(H,19,20). The molecule has 0 radical (unpaired) electrons. The third-order valence-electron chi connectivity index (χ3n) is 3.74. The molecule has 1 N–H and O–H groups in total. The van der Waals surface area contributed by atoms with E-state index >= 15 is 0 Å². The number of aliphatic carboxylic acids is 1. The minimum absolute atomic E-state index is 0.158. The predicted molar refractivity (Wildman–Crippen MR) is 79.4 cm³/mol. The lowest BCUT2D eigenvalue weighted by atomic mass is 10.0. The molecule has 2 aromatic rings. The van der Waals surface area contributed by atoms with Crippen LogP contribution in [0.25, 0.3) is 11.0 Å². The normalized spacial score (nSPS) is 12.4. The maximum atomic E-state index is 12.4. The van der Waals surface area contributed by atoms with Crippen LogP contribution in [-0.4, -0.2) is 35.5 Å². The molecule has 5 nitrogen and oxygen atoms in total. The van der Waals surface area contributed by atoms with E-state index in [1.54, 1.807) is 14.0 Å². The van der Waals surface area contributed by atoms with Crippen molar-refractivity contribution in [1.82, 2.24) is 4.90 Å². The van der Waals surface area contributed by atoms with Gasteiger partial charge in [-0.2, -0.15) is 0 Å². The minimum atomic E-state index is -0.918. The van der Waals surface area contributed by atoms with Crippen molar-refractivity contribution in [3.05, 3.63) is 35.1 Å². The van der Waals surface area contributed by atoms with Crippen molar-refractivity contribution >= 4 is 22.8 Å². The molecule has 21 heavy (non-hydrogen) atoms. The summed E-state index contributed by atoms with van der Waals surface area (Å²) in [5.41, 5.74) is 3.32. The lowest BCUT2D eigenvalue weighted by molar-refractivity contribution is -0.141. The van der Waals surface area contributed by atoms with Crippen LogP contribution in [0.1, 0.15) is 28.4 Å². The van der Waals surface area contributed by atoms with Crippen molar-refractivity contribution in [3.8, 4) is 0 Å². The molecule has 0 bridgehead atoms. The van der Waals surface area contributed by atoms with Crippen molar-refractivity contribution in [1.29, 1.82) is 0 Å². The topological polar surface area (TPSA) is 70.8 Å². The molecular formula is C16H19NO4. The zero-order valence-corrected chi connectivity index (χ0v) is 12.6. The first-order valence-corrected chi connectivity index (χ1v) is 6.78. The minimum Gasteiger partial charge on any atom is -0.481 e. The van der Waals surface area contributed by atoms with Gasteiger partial charge < -0.3 is 14.4 Å². The Morgan fingerprint density at radius 3 is 2.52 bits per heavy atom. The van der Waals surface area contributed by atoms with E-state index in [-0.39, 0.29) is 12.5 Å². The van der Waals surface area contributed by atoms with Gasteiger partial charge in [0.2, 0.25) is 0 Å². The van der Waals surface area contributed by atoms with E-state index < -0.39 is 11.9 Å². The molecule has 0 aliphatic carbocycles. The van der Waals surface area contributed by atoms with Crippen LogP contribution in [0.2, 0.25) is 0 Å². The fourth-order valence-corrected chi connectivity index (χ4v) is 2.23. The molecule has 2 rings (SSSR count). The maximum Gasteiger partial charge on any atom is 0.308 e. The lowest BCUT2D eigenvalue weighted by Crippen LogP contribution is -2.33. The van der Waals surface area contributed by atoms with Crippen LogP contribution >= 0.6 is 0 Å². The summed E-state index contributed by atoms with van der Waals surface area (Å²) in [4.78, 5) is 24.7. The summed E-state index contributed by atoms with van der Waals surface area (Å²) in [5, 5.41) is 9.69. The molecule has 0 aliphatic heterocycles. The molecule has 112 valence electrons. The Kier molecular flexibility index (Phi) is 4.02. The SMILES string of the molecule is Cc1cc2occ(C(=O)N(C)CC(C)C(=O)O)c2cc1C. The van der Waals surface area contributed by atoms with E-state index in [4.69, 9.17) is 9.52 Å². The van der Waals surface area contributed by atoms with Gasteiger partial charge in [-0.3, -0.25) is 9.59 Å². The van der Waals surface area contributed by atoms with Gasteiger partial charge in [0.15, 0.2) is 0 Å². The number of benzene rings is 1. The van der Waals surface area contributed by atoms with Crippen LogP contribution in [0.15, 0.2) is 22.8 Å². The van der Waals surface area contributed by atoms with Gasteiger partial charge in [0.25, 0.3) is 5.91 Å². The molecule has 1 atom stereocenters. The van der Waals surface area contributed by atoms with E-state index in [0.29, 0.717) is 11.1 Å². The first kappa shape index (κ1) is 15.1. The number of fused-ring (bicyclic) bond motifs is 1. The van der Waals surface area contributed by atoms with Crippen molar-refractivity contribution in [2.75, 3.05) is 13.6 Å². The van der Waals surface area contributed by atoms with Crippen molar-refractivity contribution < 1.29 is 19.1 Å². The highest BCUT2D eigenvalue weighted by atomic mass is 16.4. The smallest absolute Gasteiger partial charge is 0.308 e. The number of furan rings is 1. The molecule has 5 heteroatoms. The van der Waals surface area contributed by atoms with E-state index in [0.717, 1.165) is 16.5 Å². The highest BCUT2D eigenvalue weighted by molar-refractivity contribution is 6.06. The summed E-state index contributed by atoms with van der Waals surface area (Å²) in [6.45, 7) is 5.70. The predicted octanol–water partition coefficient (Wildman–Crippen LogP) is 2.84. The highest BCUT2D eigenvalue weighted by Gasteiger charge is 2.21. The second kappa shape index (κ2) is 5.60.